The van der Waals surface area contributed by atoms with Gasteiger partial charge in [0.05, 0.1) is 12.2 Å². The second-order valence-corrected chi connectivity index (χ2v) is 2.88. The van der Waals surface area contributed by atoms with Crippen LogP contribution in [0, 0.1) is 0 Å². The maximum Gasteiger partial charge on any atom is 0.344 e. The molecule has 0 atom stereocenters. The normalized spacial score (nSPS) is 9.65. The van der Waals surface area contributed by atoms with Crippen molar-refractivity contribution in [1.82, 2.24) is 0 Å². The maximum absolute atomic E-state index is 12.4. The highest BCUT2D eigenvalue weighted by atomic mass is 19.3. The molecule has 0 aliphatic heterocycles. The molecule has 92 valence electrons. The van der Waals surface area contributed by atoms with Crippen LogP contribution < -0.4 is 4.74 Å². The molecule has 0 aliphatic rings. The second kappa shape index (κ2) is 5.93. The number of hydrogen-bond acceptors (Lipinski definition) is 3. The number of carbonyl (C=O) groups excluding carboxylic acids is 1. The van der Waals surface area contributed by atoms with Gasteiger partial charge in [-0.3, -0.25) is 0 Å². The zero-order valence-electron chi connectivity index (χ0n) is 8.88. The molecule has 1 rings (SSSR count). The Morgan fingerprint density at radius 3 is 2.24 bits per heavy atom. The third kappa shape index (κ3) is 3.82. The SMILES string of the molecule is CCOC(=O)c1ccc(OC(F)=C(F)F)cc1. The van der Waals surface area contributed by atoms with Crippen LogP contribution in [0.25, 0.3) is 0 Å². The highest BCUT2D eigenvalue weighted by Crippen LogP contribution is 2.19. The summed E-state index contributed by atoms with van der Waals surface area (Å²) in [7, 11) is 0. The fourth-order valence-corrected chi connectivity index (χ4v) is 1.02. The molecule has 0 N–H and O–H groups in total. The van der Waals surface area contributed by atoms with Gasteiger partial charge in [0.15, 0.2) is 0 Å². The number of hydrogen-bond donors (Lipinski definition) is 0. The number of ether oxygens (including phenoxy) is 2. The Hall–Kier alpha value is -1.98. The van der Waals surface area contributed by atoms with E-state index in [1.54, 1.807) is 6.92 Å². The quantitative estimate of drug-likeness (QED) is 0.604. The van der Waals surface area contributed by atoms with Crippen molar-refractivity contribution in [1.29, 1.82) is 0 Å². The lowest BCUT2D eigenvalue weighted by atomic mass is 10.2. The molecule has 0 saturated heterocycles. The van der Waals surface area contributed by atoms with Gasteiger partial charge in [-0.25, -0.2) is 4.79 Å². The van der Waals surface area contributed by atoms with Crippen molar-refractivity contribution in [3.63, 3.8) is 0 Å². The number of benzene rings is 1. The summed E-state index contributed by atoms with van der Waals surface area (Å²) in [4.78, 5) is 11.2. The standard InChI is InChI=1S/C11H9F3O3/c1-2-16-11(15)7-3-5-8(6-4-7)17-10(14)9(12)13/h3-6H,2H2,1H3. The molecule has 17 heavy (non-hydrogen) atoms. The number of carbonyl (C=O) groups is 1. The molecule has 1 aromatic rings. The Morgan fingerprint density at radius 1 is 1.18 bits per heavy atom. The predicted octanol–water partition coefficient (Wildman–Crippen LogP) is 3.28. The van der Waals surface area contributed by atoms with Gasteiger partial charge in [0.25, 0.3) is 0 Å². The zero-order valence-corrected chi connectivity index (χ0v) is 8.88. The molecule has 0 radical (unpaired) electrons. The molecule has 6 heteroatoms. The molecule has 0 fully saturated rings. The van der Waals surface area contributed by atoms with E-state index in [-0.39, 0.29) is 17.9 Å². The molecule has 0 saturated carbocycles. The van der Waals surface area contributed by atoms with Gasteiger partial charge in [0, 0.05) is 0 Å². The number of rotatable bonds is 4. The molecule has 0 aromatic heterocycles. The molecule has 0 spiro atoms. The largest absolute Gasteiger partial charge is 0.462 e. The van der Waals surface area contributed by atoms with Crippen LogP contribution in [0.5, 0.6) is 5.75 Å². The van der Waals surface area contributed by atoms with E-state index in [1.807, 2.05) is 0 Å². The van der Waals surface area contributed by atoms with Crippen LogP contribution in [-0.2, 0) is 4.74 Å². The summed E-state index contributed by atoms with van der Waals surface area (Å²) in [5.41, 5.74) is 0.226. The Bertz CT molecular complexity index is 422. The minimum absolute atomic E-state index is 0.136. The molecular weight excluding hydrogens is 237 g/mol. The van der Waals surface area contributed by atoms with E-state index in [0.717, 1.165) is 0 Å². The van der Waals surface area contributed by atoms with Crippen LogP contribution in [-0.4, -0.2) is 12.6 Å². The third-order valence-electron chi connectivity index (χ3n) is 1.72. The average Bonchev–Trinajstić information content (AvgIpc) is 2.30. The van der Waals surface area contributed by atoms with Crippen molar-refractivity contribution < 1.29 is 27.4 Å². The minimum atomic E-state index is -2.54. The fraction of sp³-hybridized carbons (Fsp3) is 0.182. The number of halogens is 3. The van der Waals surface area contributed by atoms with Crippen molar-refractivity contribution in [2.75, 3.05) is 6.61 Å². The lowest BCUT2D eigenvalue weighted by Crippen LogP contribution is -2.04. The first-order valence-corrected chi connectivity index (χ1v) is 4.70. The highest BCUT2D eigenvalue weighted by molar-refractivity contribution is 5.89. The first-order chi connectivity index (χ1) is 8.04. The van der Waals surface area contributed by atoms with Crippen molar-refractivity contribution in [2.45, 2.75) is 6.92 Å². The van der Waals surface area contributed by atoms with E-state index in [9.17, 15) is 18.0 Å². The second-order valence-electron chi connectivity index (χ2n) is 2.88. The van der Waals surface area contributed by atoms with Gasteiger partial charge in [-0.15, -0.1) is 0 Å². The Balaban J connectivity index is 2.75. The molecule has 1 aromatic carbocycles. The minimum Gasteiger partial charge on any atom is -0.462 e. The Kier molecular flexibility index (Phi) is 4.56. The van der Waals surface area contributed by atoms with Crippen LogP contribution in [0.3, 0.4) is 0 Å². The summed E-state index contributed by atoms with van der Waals surface area (Å²) < 4.78 is 44.7. The summed E-state index contributed by atoms with van der Waals surface area (Å²) >= 11 is 0. The molecular formula is C11H9F3O3. The fourth-order valence-electron chi connectivity index (χ4n) is 1.02. The molecule has 0 amide bonds. The van der Waals surface area contributed by atoms with Gasteiger partial charge in [-0.05, 0) is 31.2 Å². The van der Waals surface area contributed by atoms with Crippen molar-refractivity contribution in [3.05, 3.63) is 41.9 Å². The topological polar surface area (TPSA) is 35.5 Å². The van der Waals surface area contributed by atoms with Gasteiger partial charge in [0.2, 0.25) is 0 Å². The molecule has 0 unspecified atom stereocenters. The first kappa shape index (κ1) is 13.1. The third-order valence-corrected chi connectivity index (χ3v) is 1.72. The van der Waals surface area contributed by atoms with Crippen molar-refractivity contribution >= 4 is 5.97 Å². The van der Waals surface area contributed by atoms with Crippen LogP contribution in [0.2, 0.25) is 0 Å². The van der Waals surface area contributed by atoms with Crippen LogP contribution >= 0.6 is 0 Å². The summed E-state index contributed by atoms with van der Waals surface area (Å²) in [5.74, 6) is -0.685. The molecule has 0 heterocycles. The lowest BCUT2D eigenvalue weighted by Gasteiger charge is -2.04. The summed E-state index contributed by atoms with van der Waals surface area (Å²) in [6, 6.07) is 2.99. The van der Waals surface area contributed by atoms with Gasteiger partial charge >= 0.3 is 18.1 Å². The lowest BCUT2D eigenvalue weighted by molar-refractivity contribution is 0.0526. The zero-order chi connectivity index (χ0) is 12.8. The Labute approximate surface area is 95.5 Å². The van der Waals surface area contributed by atoms with Gasteiger partial charge < -0.3 is 9.47 Å². The number of esters is 1. The van der Waals surface area contributed by atoms with Gasteiger partial charge in [-0.2, -0.15) is 13.2 Å². The van der Waals surface area contributed by atoms with E-state index in [4.69, 9.17) is 4.74 Å². The van der Waals surface area contributed by atoms with Crippen LogP contribution in [0.15, 0.2) is 36.4 Å². The molecule has 0 aliphatic carbocycles. The van der Waals surface area contributed by atoms with Crippen molar-refractivity contribution in [3.8, 4) is 5.75 Å². The maximum atomic E-state index is 12.4. The van der Waals surface area contributed by atoms with Crippen LogP contribution in [0.4, 0.5) is 13.2 Å². The summed E-state index contributed by atoms with van der Waals surface area (Å²) in [5, 5.41) is 0. The van der Waals surface area contributed by atoms with Crippen molar-refractivity contribution in [2.24, 2.45) is 0 Å². The van der Waals surface area contributed by atoms with Crippen LogP contribution in [0.1, 0.15) is 17.3 Å². The molecule has 3 nitrogen and oxygen atoms in total. The van der Waals surface area contributed by atoms with E-state index in [1.165, 1.54) is 24.3 Å². The monoisotopic (exact) mass is 246 g/mol. The van der Waals surface area contributed by atoms with E-state index >= 15 is 0 Å². The molecule has 0 bridgehead atoms. The van der Waals surface area contributed by atoms with E-state index < -0.39 is 18.1 Å². The first-order valence-electron chi connectivity index (χ1n) is 4.70. The highest BCUT2D eigenvalue weighted by Gasteiger charge is 2.09. The average molecular weight is 246 g/mol. The summed E-state index contributed by atoms with van der Waals surface area (Å²) in [6.45, 7) is 1.88. The Morgan fingerprint density at radius 2 is 1.76 bits per heavy atom. The van der Waals surface area contributed by atoms with Gasteiger partial charge in [-0.1, -0.05) is 0 Å². The van der Waals surface area contributed by atoms with E-state index in [0.29, 0.717) is 0 Å². The summed E-state index contributed by atoms with van der Waals surface area (Å²) in [6.07, 6.45) is -2.54. The predicted molar refractivity (Wildman–Crippen MR) is 53.4 cm³/mol. The smallest absolute Gasteiger partial charge is 0.344 e. The van der Waals surface area contributed by atoms with E-state index in [2.05, 4.69) is 4.74 Å². The van der Waals surface area contributed by atoms with Gasteiger partial charge in [0.1, 0.15) is 5.75 Å².